The van der Waals surface area contributed by atoms with Crippen molar-refractivity contribution in [2.75, 3.05) is 26.3 Å². The van der Waals surface area contributed by atoms with E-state index in [1.54, 1.807) is 0 Å². The monoisotopic (exact) mass is 324 g/mol. The molecule has 5 nitrogen and oxygen atoms in total. The van der Waals surface area contributed by atoms with Crippen LogP contribution in [0.1, 0.15) is 24.8 Å². The van der Waals surface area contributed by atoms with Gasteiger partial charge in [0.05, 0.1) is 18.2 Å². The van der Waals surface area contributed by atoms with E-state index in [4.69, 9.17) is 26.8 Å². The first kappa shape index (κ1) is 15.4. The highest BCUT2D eigenvalue weighted by molar-refractivity contribution is 6.32. The second-order valence-corrected chi connectivity index (χ2v) is 6.32. The maximum atomic E-state index is 11.2. The van der Waals surface area contributed by atoms with Gasteiger partial charge in [-0.2, -0.15) is 0 Å². The van der Waals surface area contributed by atoms with Gasteiger partial charge in [0.2, 0.25) is 5.91 Å². The van der Waals surface area contributed by atoms with Gasteiger partial charge in [-0.25, -0.2) is 0 Å². The van der Waals surface area contributed by atoms with Crippen molar-refractivity contribution in [3.05, 3.63) is 22.7 Å². The number of primary amides is 1. The molecule has 2 N–H and O–H groups in total. The predicted octanol–water partition coefficient (Wildman–Crippen LogP) is 2.20. The number of amides is 1. The molecule has 0 aliphatic carbocycles. The van der Waals surface area contributed by atoms with Gasteiger partial charge in [-0.3, -0.25) is 9.69 Å². The number of halogens is 1. The molecule has 1 fully saturated rings. The van der Waals surface area contributed by atoms with E-state index in [9.17, 15) is 4.79 Å². The normalized spacial score (nSPS) is 19.7. The number of nitrogens with zero attached hydrogens (tertiary/aromatic N) is 1. The number of nitrogens with two attached hydrogens (primary N) is 1. The molecule has 0 saturated carbocycles. The molecule has 0 bridgehead atoms. The molecule has 0 unspecified atom stereocenters. The summed E-state index contributed by atoms with van der Waals surface area (Å²) < 4.78 is 11.4. The highest BCUT2D eigenvalue weighted by Gasteiger charge is 2.24. The lowest BCUT2D eigenvalue weighted by atomic mass is 9.96. The Morgan fingerprint density at radius 2 is 2.00 bits per heavy atom. The van der Waals surface area contributed by atoms with Gasteiger partial charge in [-0.05, 0) is 43.6 Å². The smallest absolute Gasteiger partial charge is 0.220 e. The van der Waals surface area contributed by atoms with Gasteiger partial charge < -0.3 is 15.2 Å². The standard InChI is InChI=1S/C16H21ClN2O3/c17-13-8-11(9-14-15(13)22-7-1-6-21-14)10-19-4-2-12(3-5-19)16(18)20/h8-9,12H,1-7,10H2,(H2,18,20). The van der Waals surface area contributed by atoms with Crippen molar-refractivity contribution < 1.29 is 14.3 Å². The summed E-state index contributed by atoms with van der Waals surface area (Å²) in [6.07, 6.45) is 2.52. The summed E-state index contributed by atoms with van der Waals surface area (Å²) in [7, 11) is 0. The van der Waals surface area contributed by atoms with E-state index < -0.39 is 0 Å². The number of hydrogen-bond acceptors (Lipinski definition) is 4. The first-order chi connectivity index (χ1) is 10.6. The number of piperidine rings is 1. The predicted molar refractivity (Wildman–Crippen MR) is 84.3 cm³/mol. The van der Waals surface area contributed by atoms with E-state index in [1.807, 2.05) is 12.1 Å². The molecule has 120 valence electrons. The highest BCUT2D eigenvalue weighted by atomic mass is 35.5. The molecular weight excluding hydrogens is 304 g/mol. The van der Waals surface area contributed by atoms with Crippen molar-refractivity contribution in [3.8, 4) is 11.5 Å². The first-order valence-electron chi connectivity index (χ1n) is 7.73. The molecule has 2 aliphatic rings. The van der Waals surface area contributed by atoms with Gasteiger partial charge in [0, 0.05) is 18.9 Å². The van der Waals surface area contributed by atoms with Gasteiger partial charge >= 0.3 is 0 Å². The molecule has 0 aromatic heterocycles. The Balaban J connectivity index is 1.67. The maximum absolute atomic E-state index is 11.2. The average Bonchev–Trinajstić information content (AvgIpc) is 2.73. The zero-order chi connectivity index (χ0) is 15.5. The minimum Gasteiger partial charge on any atom is -0.489 e. The topological polar surface area (TPSA) is 64.8 Å². The van der Waals surface area contributed by atoms with Crippen molar-refractivity contribution >= 4 is 17.5 Å². The fourth-order valence-electron chi connectivity index (χ4n) is 3.01. The molecule has 0 spiro atoms. The Morgan fingerprint density at radius 3 is 2.73 bits per heavy atom. The number of fused-ring (bicyclic) bond motifs is 1. The molecule has 3 rings (SSSR count). The van der Waals surface area contributed by atoms with Gasteiger partial charge in [0.15, 0.2) is 11.5 Å². The summed E-state index contributed by atoms with van der Waals surface area (Å²) in [6.45, 7) is 3.82. The largest absolute Gasteiger partial charge is 0.489 e. The van der Waals surface area contributed by atoms with Crippen molar-refractivity contribution in [2.24, 2.45) is 11.7 Å². The molecule has 22 heavy (non-hydrogen) atoms. The molecule has 1 saturated heterocycles. The third kappa shape index (κ3) is 3.47. The molecule has 2 heterocycles. The van der Waals surface area contributed by atoms with Crippen LogP contribution in [-0.4, -0.2) is 37.1 Å². The van der Waals surface area contributed by atoms with Gasteiger partial charge in [-0.15, -0.1) is 0 Å². The Hall–Kier alpha value is -1.46. The van der Waals surface area contributed by atoms with E-state index in [0.717, 1.165) is 50.2 Å². The summed E-state index contributed by atoms with van der Waals surface area (Å²) in [5.74, 6) is 1.21. The van der Waals surface area contributed by atoms with Crippen LogP contribution in [0.2, 0.25) is 5.02 Å². The van der Waals surface area contributed by atoms with Crippen molar-refractivity contribution in [2.45, 2.75) is 25.8 Å². The number of carbonyl (C=O) groups is 1. The SMILES string of the molecule is NC(=O)C1CCN(Cc2cc(Cl)c3c(c2)OCCCO3)CC1. The van der Waals surface area contributed by atoms with Crippen LogP contribution >= 0.6 is 11.6 Å². The number of benzene rings is 1. The zero-order valence-electron chi connectivity index (χ0n) is 12.5. The maximum Gasteiger partial charge on any atom is 0.220 e. The van der Waals surface area contributed by atoms with Gasteiger partial charge in [0.1, 0.15) is 0 Å². The minimum atomic E-state index is -0.182. The third-order valence-corrected chi connectivity index (χ3v) is 4.54. The first-order valence-corrected chi connectivity index (χ1v) is 8.11. The molecular formula is C16H21ClN2O3. The number of likely N-dealkylation sites (tertiary alicyclic amines) is 1. The van der Waals surface area contributed by atoms with E-state index in [2.05, 4.69) is 4.90 Å². The van der Waals surface area contributed by atoms with E-state index in [0.29, 0.717) is 24.0 Å². The van der Waals surface area contributed by atoms with E-state index in [1.165, 1.54) is 0 Å². The quantitative estimate of drug-likeness (QED) is 0.925. The Morgan fingerprint density at radius 1 is 1.27 bits per heavy atom. The molecule has 2 aliphatic heterocycles. The second-order valence-electron chi connectivity index (χ2n) is 5.91. The number of rotatable bonds is 3. The van der Waals surface area contributed by atoms with Gasteiger partial charge in [-0.1, -0.05) is 11.6 Å². The summed E-state index contributed by atoms with van der Waals surface area (Å²) in [4.78, 5) is 13.5. The summed E-state index contributed by atoms with van der Waals surface area (Å²) in [6, 6.07) is 3.95. The van der Waals surface area contributed by atoms with Crippen LogP contribution < -0.4 is 15.2 Å². The van der Waals surface area contributed by atoms with Crippen molar-refractivity contribution in [1.29, 1.82) is 0 Å². The fourth-order valence-corrected chi connectivity index (χ4v) is 3.30. The van der Waals surface area contributed by atoms with E-state index in [-0.39, 0.29) is 11.8 Å². The summed E-state index contributed by atoms with van der Waals surface area (Å²) in [5, 5.41) is 0.599. The molecule has 6 heteroatoms. The van der Waals surface area contributed by atoms with Crippen LogP contribution in [0.4, 0.5) is 0 Å². The van der Waals surface area contributed by atoms with Crippen molar-refractivity contribution in [1.82, 2.24) is 4.90 Å². The van der Waals surface area contributed by atoms with Crippen LogP contribution in [0.25, 0.3) is 0 Å². The number of ether oxygens (including phenoxy) is 2. The highest BCUT2D eigenvalue weighted by Crippen LogP contribution is 2.38. The molecule has 1 aromatic carbocycles. The average molecular weight is 325 g/mol. The van der Waals surface area contributed by atoms with E-state index >= 15 is 0 Å². The summed E-state index contributed by atoms with van der Waals surface area (Å²) >= 11 is 6.32. The Bertz CT molecular complexity index is 557. The number of carbonyl (C=O) groups excluding carboxylic acids is 1. The van der Waals surface area contributed by atoms with Crippen LogP contribution in [0.3, 0.4) is 0 Å². The van der Waals surface area contributed by atoms with Crippen LogP contribution in [0, 0.1) is 5.92 Å². The van der Waals surface area contributed by atoms with Crippen LogP contribution in [0.15, 0.2) is 12.1 Å². The summed E-state index contributed by atoms with van der Waals surface area (Å²) in [5.41, 5.74) is 6.47. The molecule has 1 amide bonds. The lowest BCUT2D eigenvalue weighted by Crippen LogP contribution is -2.38. The lowest BCUT2D eigenvalue weighted by Gasteiger charge is -2.30. The lowest BCUT2D eigenvalue weighted by molar-refractivity contribution is -0.123. The Kier molecular flexibility index (Phi) is 4.74. The van der Waals surface area contributed by atoms with Crippen LogP contribution in [-0.2, 0) is 11.3 Å². The second kappa shape index (κ2) is 6.75. The van der Waals surface area contributed by atoms with Crippen molar-refractivity contribution in [3.63, 3.8) is 0 Å². The molecule has 0 atom stereocenters. The molecule has 0 radical (unpaired) electrons. The molecule has 1 aromatic rings. The fraction of sp³-hybridized carbons (Fsp3) is 0.562. The third-order valence-electron chi connectivity index (χ3n) is 4.26. The Labute approximate surface area is 135 Å². The minimum absolute atomic E-state index is 0.0172. The zero-order valence-corrected chi connectivity index (χ0v) is 13.3. The van der Waals surface area contributed by atoms with Crippen LogP contribution in [0.5, 0.6) is 11.5 Å². The van der Waals surface area contributed by atoms with Gasteiger partial charge in [0.25, 0.3) is 0 Å². The number of hydrogen-bond donors (Lipinski definition) is 1.